The van der Waals surface area contributed by atoms with E-state index in [0.717, 1.165) is 21.3 Å². The van der Waals surface area contributed by atoms with Gasteiger partial charge in [0.05, 0.1) is 0 Å². The zero-order valence-electron chi connectivity index (χ0n) is 24.3. The molecule has 2 aliphatic rings. The number of hydrogen-bond donors (Lipinski definition) is 0. The highest BCUT2D eigenvalue weighted by Crippen LogP contribution is 2.58. The molecular weight excluding hydrogens is 549 g/mol. The molecule has 2 atom stereocenters. The van der Waals surface area contributed by atoms with Crippen molar-refractivity contribution in [1.82, 2.24) is 0 Å². The summed E-state index contributed by atoms with van der Waals surface area (Å²) in [6, 6.07) is 24.3. The first kappa shape index (κ1) is 29.0. The van der Waals surface area contributed by atoms with E-state index in [-0.39, 0.29) is 5.41 Å². The first-order valence-corrected chi connectivity index (χ1v) is 16.3. The van der Waals surface area contributed by atoms with Crippen LogP contribution in [0.2, 0.25) is 0 Å². The van der Waals surface area contributed by atoms with E-state index in [1.165, 1.54) is 75.5 Å². The first-order valence-electron chi connectivity index (χ1n) is 15.5. The molecule has 1 nitrogen and oxygen atoms in total. The predicted octanol–water partition coefficient (Wildman–Crippen LogP) is 10.7. The van der Waals surface area contributed by atoms with Crippen molar-refractivity contribution >= 4 is 46.3 Å². The fourth-order valence-electron chi connectivity index (χ4n) is 7.14. The van der Waals surface area contributed by atoms with Crippen LogP contribution >= 0.6 is 15.9 Å². The summed E-state index contributed by atoms with van der Waals surface area (Å²) in [5, 5.41) is 0. The van der Waals surface area contributed by atoms with Gasteiger partial charge >= 0.3 is 0 Å². The van der Waals surface area contributed by atoms with Gasteiger partial charge < -0.3 is 4.90 Å². The van der Waals surface area contributed by atoms with E-state index in [0.29, 0.717) is 11.8 Å². The monoisotopic (exact) mass is 591 g/mol. The van der Waals surface area contributed by atoms with E-state index < -0.39 is 0 Å². The molecule has 0 saturated heterocycles. The van der Waals surface area contributed by atoms with Gasteiger partial charge in [0.1, 0.15) is 7.85 Å². The van der Waals surface area contributed by atoms with Gasteiger partial charge in [-0.2, -0.15) is 0 Å². The molecule has 40 heavy (non-hydrogen) atoms. The summed E-state index contributed by atoms with van der Waals surface area (Å²) >= 11 is 3.63. The van der Waals surface area contributed by atoms with Gasteiger partial charge in [0, 0.05) is 32.9 Å². The maximum atomic E-state index is 6.10. The second kappa shape index (κ2) is 13.4. The van der Waals surface area contributed by atoms with Crippen LogP contribution in [0.15, 0.2) is 95.5 Å². The zero-order chi connectivity index (χ0) is 28.0. The normalized spacial score (nSPS) is 18.5. The average molecular weight is 592 g/mol. The summed E-state index contributed by atoms with van der Waals surface area (Å²) in [6.45, 7) is 4.63. The Morgan fingerprint density at radius 1 is 0.700 bits per heavy atom. The standard InChI is InChI=1S/C37H43BBrN/c1-3-5-7-11-25-37(26-12-8-6-4-2)35-14-10-9-13-33(35)34-24-23-32(27-36(34)37)40(30-19-15-28(38)16-20-30)31-21-17-29(39)18-22-31/h9-10,13-24,27,33,35H,3-8,11-12,25-26H2,1-2H3. The molecule has 206 valence electrons. The molecule has 2 unspecified atom stereocenters. The molecule has 0 saturated carbocycles. The van der Waals surface area contributed by atoms with Gasteiger partial charge in [-0.05, 0) is 78.4 Å². The van der Waals surface area contributed by atoms with E-state index in [9.17, 15) is 0 Å². The topological polar surface area (TPSA) is 3.24 Å². The van der Waals surface area contributed by atoms with Crippen molar-refractivity contribution < 1.29 is 0 Å². The largest absolute Gasteiger partial charge is 0.310 e. The fraction of sp³-hybridized carbons (Fsp3) is 0.405. The van der Waals surface area contributed by atoms with E-state index in [1.807, 2.05) is 12.1 Å². The summed E-state index contributed by atoms with van der Waals surface area (Å²) in [7, 11) is 6.10. The highest BCUT2D eigenvalue weighted by atomic mass is 79.9. The van der Waals surface area contributed by atoms with Gasteiger partial charge in [-0.1, -0.05) is 129 Å². The molecule has 0 aromatic heterocycles. The molecule has 3 heteroatoms. The summed E-state index contributed by atoms with van der Waals surface area (Å²) < 4.78 is 1.09. The third-order valence-corrected chi connectivity index (χ3v) is 9.68. The van der Waals surface area contributed by atoms with Gasteiger partial charge in [-0.25, -0.2) is 0 Å². The number of hydrogen-bond acceptors (Lipinski definition) is 1. The molecule has 0 heterocycles. The van der Waals surface area contributed by atoms with Crippen LogP contribution < -0.4 is 10.4 Å². The Bertz CT molecular complexity index is 1250. The SMILES string of the molecule is [B]c1ccc(N(c2ccc(Br)cc2)c2ccc3c(c2)C(CCCCCC)(CCCCCC)C2C=CC=CC32)cc1. The van der Waals surface area contributed by atoms with Crippen molar-refractivity contribution in [3.8, 4) is 0 Å². The van der Waals surface area contributed by atoms with E-state index in [1.54, 1.807) is 5.56 Å². The number of halogens is 1. The molecular formula is C37H43BBrN. The zero-order valence-corrected chi connectivity index (χ0v) is 25.9. The minimum Gasteiger partial charge on any atom is -0.310 e. The van der Waals surface area contributed by atoms with Gasteiger partial charge in [0.2, 0.25) is 0 Å². The lowest BCUT2D eigenvalue weighted by Crippen LogP contribution is -2.32. The maximum Gasteiger partial charge on any atom is 0.113 e. The Balaban J connectivity index is 1.62. The van der Waals surface area contributed by atoms with Crippen LogP contribution in [0, 0.1) is 5.92 Å². The van der Waals surface area contributed by atoms with Gasteiger partial charge in [-0.15, -0.1) is 0 Å². The Kier molecular flexibility index (Phi) is 9.74. The van der Waals surface area contributed by atoms with E-state index >= 15 is 0 Å². The number of allylic oxidation sites excluding steroid dienone is 4. The van der Waals surface area contributed by atoms with Crippen molar-refractivity contribution in [3.63, 3.8) is 0 Å². The van der Waals surface area contributed by atoms with Crippen molar-refractivity contribution in [1.29, 1.82) is 0 Å². The number of unbranched alkanes of at least 4 members (excludes halogenated alkanes) is 6. The van der Waals surface area contributed by atoms with Crippen molar-refractivity contribution in [2.45, 2.75) is 89.4 Å². The summed E-state index contributed by atoms with van der Waals surface area (Å²) in [4.78, 5) is 2.39. The average Bonchev–Trinajstić information content (AvgIpc) is 3.25. The number of fused-ring (bicyclic) bond motifs is 3. The minimum atomic E-state index is 0.186. The second-order valence-corrected chi connectivity index (χ2v) is 12.7. The molecule has 0 bridgehead atoms. The number of benzene rings is 3. The molecule has 2 aliphatic carbocycles. The summed E-state index contributed by atoms with van der Waals surface area (Å²) in [6.07, 6.45) is 22.6. The third kappa shape index (κ3) is 6.05. The van der Waals surface area contributed by atoms with Crippen molar-refractivity contribution in [2.75, 3.05) is 4.90 Å². The van der Waals surface area contributed by atoms with E-state index in [2.05, 4.69) is 114 Å². The molecule has 0 aliphatic heterocycles. The van der Waals surface area contributed by atoms with Crippen LogP contribution in [0.25, 0.3) is 0 Å². The maximum absolute atomic E-state index is 6.10. The summed E-state index contributed by atoms with van der Waals surface area (Å²) in [5.74, 6) is 1.02. The lowest BCUT2D eigenvalue weighted by molar-refractivity contribution is 0.264. The van der Waals surface area contributed by atoms with Crippen LogP contribution in [-0.2, 0) is 5.41 Å². The molecule has 0 amide bonds. The van der Waals surface area contributed by atoms with Crippen molar-refractivity contribution in [3.05, 3.63) is 107 Å². The lowest BCUT2D eigenvalue weighted by Gasteiger charge is -2.38. The third-order valence-electron chi connectivity index (χ3n) is 9.15. The highest BCUT2D eigenvalue weighted by molar-refractivity contribution is 9.10. The number of anilines is 3. The molecule has 0 spiro atoms. The smallest absolute Gasteiger partial charge is 0.113 e. The predicted molar refractivity (Wildman–Crippen MR) is 178 cm³/mol. The van der Waals surface area contributed by atoms with Crippen LogP contribution in [-0.4, -0.2) is 7.85 Å². The Morgan fingerprint density at radius 2 is 1.27 bits per heavy atom. The Morgan fingerprint density at radius 3 is 1.90 bits per heavy atom. The van der Waals surface area contributed by atoms with Gasteiger partial charge in [0.15, 0.2) is 0 Å². The lowest BCUT2D eigenvalue weighted by atomic mass is 9.65. The van der Waals surface area contributed by atoms with E-state index in [4.69, 9.17) is 7.85 Å². The molecule has 5 rings (SSSR count). The van der Waals surface area contributed by atoms with Crippen LogP contribution in [0.4, 0.5) is 17.1 Å². The number of nitrogens with zero attached hydrogens (tertiary/aromatic N) is 1. The first-order chi connectivity index (χ1) is 19.6. The highest BCUT2D eigenvalue weighted by Gasteiger charge is 2.49. The molecule has 3 aromatic carbocycles. The van der Waals surface area contributed by atoms with Crippen LogP contribution in [0.1, 0.15) is 95.1 Å². The van der Waals surface area contributed by atoms with Gasteiger partial charge in [-0.3, -0.25) is 0 Å². The van der Waals surface area contributed by atoms with Crippen LogP contribution in [0.3, 0.4) is 0 Å². The Labute approximate surface area is 252 Å². The molecule has 0 N–H and O–H groups in total. The quantitative estimate of drug-likeness (QED) is 0.141. The van der Waals surface area contributed by atoms with Crippen molar-refractivity contribution in [2.24, 2.45) is 5.92 Å². The van der Waals surface area contributed by atoms with Crippen LogP contribution in [0.5, 0.6) is 0 Å². The second-order valence-electron chi connectivity index (χ2n) is 11.8. The summed E-state index contributed by atoms with van der Waals surface area (Å²) in [5.41, 5.74) is 7.60. The molecule has 0 fully saturated rings. The van der Waals surface area contributed by atoms with Gasteiger partial charge in [0.25, 0.3) is 0 Å². The molecule has 2 radical (unpaired) electrons. The number of rotatable bonds is 13. The molecule has 3 aromatic rings. The minimum absolute atomic E-state index is 0.186. The Hall–Kier alpha value is -2.52. The fourth-order valence-corrected chi connectivity index (χ4v) is 7.40.